The van der Waals surface area contributed by atoms with Gasteiger partial charge in [-0.05, 0) is 32.1 Å². The van der Waals surface area contributed by atoms with Gasteiger partial charge >= 0.3 is 41.3 Å². The first-order valence-electron chi connectivity index (χ1n) is 10.5. The summed E-state index contributed by atoms with van der Waals surface area (Å²) in [7, 11) is -1.77. The van der Waals surface area contributed by atoms with E-state index in [1.807, 2.05) is 6.92 Å². The fraction of sp³-hybridized carbons (Fsp3) is 0.308. The van der Waals surface area contributed by atoms with Crippen molar-refractivity contribution in [3.05, 3.63) is 83.1 Å². The van der Waals surface area contributed by atoms with Crippen molar-refractivity contribution in [2.45, 2.75) is 46.3 Å². The molecule has 0 amide bonds. The largest absolute Gasteiger partial charge is 1.00 e. The molecule has 4 rings (SSSR count). The van der Waals surface area contributed by atoms with Crippen LogP contribution in [0.15, 0.2) is 66.4 Å². The van der Waals surface area contributed by atoms with E-state index >= 15 is 0 Å². The van der Waals surface area contributed by atoms with Gasteiger partial charge in [0.1, 0.15) is 11.5 Å². The maximum atomic E-state index is 6.52. The van der Waals surface area contributed by atoms with Gasteiger partial charge in [-0.25, -0.2) is 0 Å². The maximum Gasteiger partial charge on any atom is -1.00 e. The van der Waals surface area contributed by atoms with Crippen molar-refractivity contribution >= 4 is 28.1 Å². The van der Waals surface area contributed by atoms with Crippen molar-refractivity contribution in [3.63, 3.8) is 0 Å². The molecular weight excluding hydrogens is 535 g/mol. The van der Waals surface area contributed by atoms with Crippen molar-refractivity contribution in [2.24, 2.45) is 0 Å². The second-order valence-electron chi connectivity index (χ2n) is 8.74. The Morgan fingerprint density at radius 3 is 2.19 bits per heavy atom. The first-order chi connectivity index (χ1) is 14.2. The van der Waals surface area contributed by atoms with Crippen LogP contribution in [0.4, 0.5) is 0 Å². The van der Waals surface area contributed by atoms with Crippen molar-refractivity contribution in [1.82, 2.24) is 0 Å². The first kappa shape index (κ1) is 29.0. The number of allylic oxidation sites excluding steroid dienone is 1. The molecule has 1 aliphatic carbocycles. The smallest absolute Gasteiger partial charge is 1.00 e. The molecule has 0 bridgehead atoms. The van der Waals surface area contributed by atoms with Crippen LogP contribution in [0.5, 0.6) is 0 Å². The summed E-state index contributed by atoms with van der Waals surface area (Å²) in [5.74, 6) is 2.00. The molecule has 6 heteroatoms. The molecule has 1 unspecified atom stereocenters. The Kier molecular flexibility index (Phi) is 11.2. The Morgan fingerprint density at radius 1 is 0.969 bits per heavy atom. The van der Waals surface area contributed by atoms with Gasteiger partial charge in [-0.15, -0.1) is 40.6 Å². The third-order valence-corrected chi connectivity index (χ3v) is 5.55. The van der Waals surface area contributed by atoms with Crippen LogP contribution in [0.25, 0.3) is 16.5 Å². The zero-order chi connectivity index (χ0) is 21.9. The van der Waals surface area contributed by atoms with Gasteiger partial charge in [-0.3, -0.25) is 0 Å². The minimum Gasteiger partial charge on any atom is -1.00 e. The molecule has 1 aliphatic rings. The number of benzene rings is 2. The minimum atomic E-state index is -1.77. The molecule has 3 aromatic carbocycles. The third-order valence-electron chi connectivity index (χ3n) is 4.74. The predicted molar refractivity (Wildman–Crippen MR) is 127 cm³/mol. The zero-order valence-electron chi connectivity index (χ0n) is 19.6. The Balaban J connectivity index is 0.000000790. The molecular formula is C26H31Cl2O2SiZr-. The van der Waals surface area contributed by atoms with Crippen LogP contribution in [0, 0.1) is 0 Å². The van der Waals surface area contributed by atoms with E-state index in [0.717, 1.165) is 11.5 Å². The quantitative estimate of drug-likeness (QED) is 0.340. The van der Waals surface area contributed by atoms with Crippen molar-refractivity contribution in [3.8, 4) is 0 Å². The van der Waals surface area contributed by atoms with Gasteiger partial charge in [-0.2, -0.15) is 6.07 Å². The molecule has 0 spiro atoms. The topological polar surface area (TPSA) is 18.5 Å². The number of hydrogen-bond donors (Lipinski definition) is 0. The van der Waals surface area contributed by atoms with Crippen LogP contribution in [-0.4, -0.2) is 18.1 Å². The Hall–Kier alpha value is -1.06. The number of hydrogen-bond acceptors (Lipinski definition) is 2. The van der Waals surface area contributed by atoms with Crippen LogP contribution in [0.3, 0.4) is 0 Å². The van der Waals surface area contributed by atoms with Crippen LogP contribution in [0.1, 0.15) is 43.4 Å². The molecule has 1 atom stereocenters. The fourth-order valence-electron chi connectivity index (χ4n) is 3.81. The molecule has 0 aliphatic heterocycles. The SMILES string of the molecule is CCOC1=C(O[Si](C)(C)C)c2ccccc2C1[c-]1ccc2ccccc21.C[C](C)=[Zr+2].[Cl-].[Cl-]. The molecule has 0 saturated carbocycles. The van der Waals surface area contributed by atoms with E-state index in [9.17, 15) is 0 Å². The van der Waals surface area contributed by atoms with Crippen LogP contribution in [0.2, 0.25) is 19.6 Å². The molecule has 0 N–H and O–H groups in total. The summed E-state index contributed by atoms with van der Waals surface area (Å²) in [6.07, 6.45) is 0. The summed E-state index contributed by atoms with van der Waals surface area (Å²) in [5.41, 5.74) is 3.75. The molecule has 2 nitrogen and oxygen atoms in total. The van der Waals surface area contributed by atoms with Crippen molar-refractivity contribution in [2.75, 3.05) is 6.61 Å². The molecule has 0 radical (unpaired) electrons. The summed E-state index contributed by atoms with van der Waals surface area (Å²) in [4.78, 5) is 0. The average Bonchev–Trinajstić information content (AvgIpc) is 3.20. The van der Waals surface area contributed by atoms with Gasteiger partial charge in [0, 0.05) is 11.5 Å². The molecule has 0 fully saturated rings. The summed E-state index contributed by atoms with van der Waals surface area (Å²) in [6, 6.07) is 21.6. The normalized spacial score (nSPS) is 14.6. The minimum absolute atomic E-state index is 0. The van der Waals surface area contributed by atoms with Crippen molar-refractivity contribution in [1.29, 1.82) is 0 Å². The average molecular weight is 566 g/mol. The van der Waals surface area contributed by atoms with Gasteiger partial charge in [0.25, 0.3) is 0 Å². The second-order valence-corrected chi connectivity index (χ2v) is 15.6. The van der Waals surface area contributed by atoms with E-state index in [1.165, 1.54) is 30.7 Å². The first-order valence-corrected chi connectivity index (χ1v) is 15.2. The Bertz CT molecular complexity index is 1080. The van der Waals surface area contributed by atoms with Gasteiger partial charge in [0.05, 0.1) is 6.61 Å². The van der Waals surface area contributed by atoms with E-state index < -0.39 is 8.32 Å². The van der Waals surface area contributed by atoms with E-state index in [1.54, 1.807) is 24.2 Å². The molecule has 170 valence electrons. The third kappa shape index (κ3) is 6.73. The number of fused-ring (bicyclic) bond motifs is 2. The van der Waals surface area contributed by atoms with E-state index in [4.69, 9.17) is 9.16 Å². The molecule has 0 saturated heterocycles. The Labute approximate surface area is 221 Å². The van der Waals surface area contributed by atoms with Gasteiger partial charge in [-0.1, -0.05) is 30.3 Å². The van der Waals surface area contributed by atoms with Crippen molar-refractivity contribution < 1.29 is 58.2 Å². The monoisotopic (exact) mass is 563 g/mol. The van der Waals surface area contributed by atoms with Crippen LogP contribution >= 0.6 is 0 Å². The summed E-state index contributed by atoms with van der Waals surface area (Å²) < 4.78 is 14.2. The standard InChI is InChI=1S/C23H25O2Si.C3H6.2ClH.Zr/c1-5-24-23-21(19-15-14-16-10-6-7-11-17(16)19)18-12-8-9-13-20(18)22(23)25-26(2,3)4;1-3-2;;;/h6-15,21H,5H2,1-4H3;1-2H3;2*1H;/q-1;;;;+2/p-2. The maximum absolute atomic E-state index is 6.52. The van der Waals surface area contributed by atoms with Gasteiger partial charge in [0.15, 0.2) is 0 Å². The van der Waals surface area contributed by atoms with Gasteiger partial charge in [0.2, 0.25) is 8.32 Å². The van der Waals surface area contributed by atoms with E-state index in [0.29, 0.717) is 6.61 Å². The number of rotatable bonds is 5. The summed E-state index contributed by atoms with van der Waals surface area (Å²) in [6.45, 7) is 13.6. The fourth-order valence-corrected chi connectivity index (χ4v) is 4.63. The molecule has 3 aromatic rings. The van der Waals surface area contributed by atoms with E-state index in [2.05, 4.69) is 94.2 Å². The predicted octanol–water partition coefficient (Wildman–Crippen LogP) is 1.01. The second kappa shape index (κ2) is 12.4. The summed E-state index contributed by atoms with van der Waals surface area (Å²) >= 11 is 1.55. The number of halogens is 2. The van der Waals surface area contributed by atoms with E-state index in [-0.39, 0.29) is 30.7 Å². The van der Waals surface area contributed by atoms with Crippen LogP contribution < -0.4 is 24.8 Å². The molecule has 0 heterocycles. The zero-order valence-corrected chi connectivity index (χ0v) is 24.6. The van der Waals surface area contributed by atoms with Crippen LogP contribution in [-0.2, 0) is 33.4 Å². The molecule has 0 aromatic heterocycles. The van der Waals surface area contributed by atoms with Gasteiger partial charge < -0.3 is 34.0 Å². The number of ether oxygens (including phenoxy) is 1. The summed E-state index contributed by atoms with van der Waals surface area (Å²) in [5, 5.41) is 2.56. The molecule has 32 heavy (non-hydrogen) atoms. The Morgan fingerprint density at radius 2 is 1.56 bits per heavy atom.